The van der Waals surface area contributed by atoms with E-state index in [0.717, 1.165) is 25.7 Å². The first kappa shape index (κ1) is 22.0. The van der Waals surface area contributed by atoms with Gasteiger partial charge >= 0.3 is 0 Å². The number of hydrogen-bond donors (Lipinski definition) is 0. The van der Waals surface area contributed by atoms with Gasteiger partial charge in [0.25, 0.3) is 0 Å². The molecule has 2 atom stereocenters. The van der Waals surface area contributed by atoms with Crippen LogP contribution in [-0.4, -0.2) is 29.4 Å². The van der Waals surface area contributed by atoms with Crippen LogP contribution in [0.5, 0.6) is 0 Å². The molecule has 0 N–H and O–H groups in total. The summed E-state index contributed by atoms with van der Waals surface area (Å²) in [7, 11) is 0. The molecule has 0 bridgehead atoms. The Bertz CT molecular complexity index is 443. The normalized spacial score (nSPS) is 22.7. The van der Waals surface area contributed by atoms with E-state index in [1.165, 1.54) is 0 Å². The van der Waals surface area contributed by atoms with Crippen LogP contribution in [0.15, 0.2) is 0 Å². The molecule has 4 nitrogen and oxygen atoms in total. The van der Waals surface area contributed by atoms with E-state index < -0.39 is 5.60 Å². The first-order valence-electron chi connectivity index (χ1n) is 9.03. The number of carbonyl (C=O) groups is 2. The SMILES string of the molecule is CC(C)C(=O)C1CCCCC1C(=O)C(C)(C)OCCC(C)(C)OI. The van der Waals surface area contributed by atoms with E-state index >= 15 is 0 Å². The summed E-state index contributed by atoms with van der Waals surface area (Å²) < 4.78 is 11.3. The zero-order valence-electron chi connectivity index (χ0n) is 16.0. The molecule has 1 fully saturated rings. The maximum atomic E-state index is 13.1. The number of ketones is 2. The van der Waals surface area contributed by atoms with Gasteiger partial charge in [0, 0.05) is 24.2 Å². The van der Waals surface area contributed by atoms with Crippen LogP contribution in [0.4, 0.5) is 0 Å². The minimum Gasteiger partial charge on any atom is -0.368 e. The van der Waals surface area contributed by atoms with Gasteiger partial charge in [0.05, 0.1) is 12.2 Å². The number of carbonyl (C=O) groups excluding carboxylic acids is 2. The molecule has 1 saturated carbocycles. The maximum Gasteiger partial charge on any atom is 0.167 e. The third-order valence-electron chi connectivity index (χ3n) is 5.01. The van der Waals surface area contributed by atoms with Gasteiger partial charge in [-0.05, 0) is 40.5 Å². The molecular formula is C19H33IO4. The summed E-state index contributed by atoms with van der Waals surface area (Å²) in [6.07, 6.45) is 4.40. The van der Waals surface area contributed by atoms with Gasteiger partial charge in [-0.3, -0.25) is 9.59 Å². The van der Waals surface area contributed by atoms with Crippen LogP contribution in [0.3, 0.4) is 0 Å². The maximum absolute atomic E-state index is 13.1. The van der Waals surface area contributed by atoms with Crippen LogP contribution in [0.25, 0.3) is 0 Å². The summed E-state index contributed by atoms with van der Waals surface area (Å²) in [6, 6.07) is 0. The Hall–Kier alpha value is -0.0100. The lowest BCUT2D eigenvalue weighted by Gasteiger charge is -2.36. The number of hydrogen-bond acceptors (Lipinski definition) is 4. The van der Waals surface area contributed by atoms with Gasteiger partial charge in [-0.2, -0.15) is 0 Å². The molecule has 140 valence electrons. The highest BCUT2D eigenvalue weighted by Gasteiger charge is 2.42. The van der Waals surface area contributed by atoms with Crippen molar-refractivity contribution in [3.05, 3.63) is 0 Å². The van der Waals surface area contributed by atoms with Crippen LogP contribution in [0.1, 0.15) is 73.6 Å². The van der Waals surface area contributed by atoms with Gasteiger partial charge < -0.3 is 7.80 Å². The Morgan fingerprint density at radius 3 is 2.12 bits per heavy atom. The van der Waals surface area contributed by atoms with Crippen molar-refractivity contribution < 1.29 is 17.4 Å². The molecule has 0 spiro atoms. The van der Waals surface area contributed by atoms with E-state index in [9.17, 15) is 9.59 Å². The molecule has 5 heteroatoms. The number of halogens is 1. The lowest BCUT2D eigenvalue weighted by Crippen LogP contribution is -2.46. The fraction of sp³-hybridized carbons (Fsp3) is 0.895. The van der Waals surface area contributed by atoms with Gasteiger partial charge in [-0.1, -0.05) is 26.7 Å². The molecule has 1 aliphatic carbocycles. The van der Waals surface area contributed by atoms with Gasteiger partial charge in [0.2, 0.25) is 0 Å². The summed E-state index contributed by atoms with van der Waals surface area (Å²) in [5, 5.41) is 0. The van der Waals surface area contributed by atoms with Crippen molar-refractivity contribution in [1.29, 1.82) is 0 Å². The van der Waals surface area contributed by atoms with Crippen LogP contribution in [0.2, 0.25) is 0 Å². The molecule has 0 aromatic heterocycles. The van der Waals surface area contributed by atoms with E-state index in [1.54, 1.807) is 0 Å². The van der Waals surface area contributed by atoms with Gasteiger partial charge in [0.15, 0.2) is 5.78 Å². The average molecular weight is 452 g/mol. The smallest absolute Gasteiger partial charge is 0.167 e. The zero-order valence-corrected chi connectivity index (χ0v) is 18.1. The topological polar surface area (TPSA) is 52.6 Å². The first-order chi connectivity index (χ1) is 11.0. The molecule has 0 aromatic rings. The van der Waals surface area contributed by atoms with Crippen molar-refractivity contribution in [1.82, 2.24) is 0 Å². The molecule has 0 aromatic carbocycles. The molecule has 24 heavy (non-hydrogen) atoms. The zero-order chi connectivity index (χ0) is 18.5. The summed E-state index contributed by atoms with van der Waals surface area (Å²) in [4.78, 5) is 25.6. The molecule has 0 saturated heterocycles. The van der Waals surface area contributed by atoms with Crippen molar-refractivity contribution in [3.63, 3.8) is 0 Å². The van der Waals surface area contributed by atoms with Gasteiger partial charge in [-0.25, -0.2) is 0 Å². The minimum atomic E-state index is -0.862. The summed E-state index contributed by atoms with van der Waals surface area (Å²) in [5.74, 6) is -0.0487. The van der Waals surface area contributed by atoms with E-state index in [0.29, 0.717) is 13.0 Å². The molecule has 0 aliphatic heterocycles. The highest BCUT2D eigenvalue weighted by molar-refractivity contribution is 14.1. The minimum absolute atomic E-state index is 0.0194. The van der Waals surface area contributed by atoms with E-state index in [2.05, 4.69) is 0 Å². The Morgan fingerprint density at radius 1 is 1.08 bits per heavy atom. The summed E-state index contributed by atoms with van der Waals surface area (Å²) in [6.45, 7) is 12.0. The third kappa shape index (κ3) is 6.06. The Kier molecular flexibility index (Phi) is 8.34. The quantitative estimate of drug-likeness (QED) is 0.466. The fourth-order valence-electron chi connectivity index (χ4n) is 3.32. The lowest BCUT2D eigenvalue weighted by molar-refractivity contribution is -0.151. The largest absolute Gasteiger partial charge is 0.368 e. The van der Waals surface area contributed by atoms with Crippen LogP contribution < -0.4 is 0 Å². The Labute approximate surface area is 161 Å². The molecule has 0 radical (unpaired) electrons. The summed E-state index contributed by atoms with van der Waals surface area (Å²) in [5.41, 5.74) is -1.14. The van der Waals surface area contributed by atoms with Crippen molar-refractivity contribution in [3.8, 4) is 0 Å². The molecule has 1 rings (SSSR count). The average Bonchev–Trinajstić information content (AvgIpc) is 2.52. The van der Waals surface area contributed by atoms with E-state index in [1.807, 2.05) is 64.5 Å². The van der Waals surface area contributed by atoms with Crippen LogP contribution in [0, 0.1) is 17.8 Å². The molecule has 1 aliphatic rings. The fourth-order valence-corrected chi connectivity index (χ4v) is 3.54. The monoisotopic (exact) mass is 452 g/mol. The predicted octanol–water partition coefficient (Wildman–Crippen LogP) is 4.92. The molecule has 0 heterocycles. The highest BCUT2D eigenvalue weighted by Crippen LogP contribution is 2.36. The second-order valence-corrected chi connectivity index (χ2v) is 8.80. The molecule has 2 unspecified atom stereocenters. The van der Waals surface area contributed by atoms with Crippen LogP contribution in [-0.2, 0) is 17.4 Å². The second kappa shape index (κ2) is 9.08. The van der Waals surface area contributed by atoms with Gasteiger partial charge in [0.1, 0.15) is 34.4 Å². The highest BCUT2D eigenvalue weighted by atomic mass is 127. The predicted molar refractivity (Wildman–Crippen MR) is 104 cm³/mol. The van der Waals surface area contributed by atoms with Crippen LogP contribution >= 0.6 is 23.0 Å². The number of ether oxygens (including phenoxy) is 1. The van der Waals surface area contributed by atoms with E-state index in [4.69, 9.17) is 7.80 Å². The second-order valence-electron chi connectivity index (χ2n) is 8.36. The first-order valence-corrected chi connectivity index (χ1v) is 9.91. The Balaban J connectivity index is 2.75. The number of Topliss-reactive ketones (excluding diaryl/α,β-unsaturated/α-hetero) is 2. The van der Waals surface area contributed by atoms with Crippen molar-refractivity contribution in [2.24, 2.45) is 17.8 Å². The molecular weight excluding hydrogens is 419 g/mol. The summed E-state index contributed by atoms with van der Waals surface area (Å²) >= 11 is 1.90. The van der Waals surface area contributed by atoms with Crippen molar-refractivity contribution >= 4 is 34.6 Å². The molecule has 0 amide bonds. The lowest BCUT2D eigenvalue weighted by atomic mass is 9.70. The standard InChI is InChI=1S/C19H33IO4/c1-13(2)16(21)14-9-7-8-10-15(14)17(22)19(5,6)23-12-11-18(3,4)24-20/h13-15H,7-12H2,1-6H3. The Morgan fingerprint density at radius 2 is 1.62 bits per heavy atom. The van der Waals surface area contributed by atoms with Crippen molar-refractivity contribution in [2.45, 2.75) is 84.8 Å². The van der Waals surface area contributed by atoms with Crippen molar-refractivity contribution in [2.75, 3.05) is 6.61 Å². The third-order valence-corrected chi connectivity index (χ3v) is 6.20. The van der Waals surface area contributed by atoms with Gasteiger partial charge in [-0.15, -0.1) is 0 Å². The number of rotatable bonds is 9. The van der Waals surface area contributed by atoms with E-state index in [-0.39, 0.29) is 34.9 Å².